The Labute approximate surface area is 108 Å². The number of aryl methyl sites for hydroxylation is 3. The quantitative estimate of drug-likeness (QED) is 0.623. The number of hydrogen-bond acceptors (Lipinski definition) is 3. The van der Waals surface area contributed by atoms with E-state index >= 15 is 0 Å². The Morgan fingerprint density at radius 3 is 2.56 bits per heavy atom. The molecule has 0 saturated carbocycles. The number of nitrogens with two attached hydrogens (primary N) is 1. The summed E-state index contributed by atoms with van der Waals surface area (Å²) in [6.07, 6.45) is 3.75. The van der Waals surface area contributed by atoms with E-state index in [2.05, 4.69) is 41.7 Å². The average Bonchev–Trinajstić information content (AvgIpc) is 2.79. The average molecular weight is 244 g/mol. The predicted molar refractivity (Wildman–Crippen MR) is 72.8 cm³/mol. The maximum atomic E-state index is 5.63. The zero-order valence-corrected chi connectivity index (χ0v) is 10.9. The van der Waals surface area contributed by atoms with Crippen LogP contribution < -0.4 is 11.3 Å². The van der Waals surface area contributed by atoms with Gasteiger partial charge in [0.05, 0.1) is 11.7 Å². The molecule has 0 amide bonds. The fraction of sp³-hybridized carbons (Fsp3) is 0.357. The van der Waals surface area contributed by atoms with Crippen molar-refractivity contribution in [2.45, 2.75) is 25.8 Å². The van der Waals surface area contributed by atoms with Gasteiger partial charge in [-0.15, -0.1) is 0 Å². The molecule has 2 rings (SSSR count). The van der Waals surface area contributed by atoms with Crippen LogP contribution in [0.25, 0.3) is 0 Å². The maximum Gasteiger partial charge on any atom is 0.0632 e. The lowest BCUT2D eigenvalue weighted by Gasteiger charge is -2.16. The van der Waals surface area contributed by atoms with Crippen molar-refractivity contribution in [2.24, 2.45) is 12.9 Å². The third-order valence-electron chi connectivity index (χ3n) is 3.26. The molecule has 1 heterocycles. The van der Waals surface area contributed by atoms with Crippen LogP contribution in [0.15, 0.2) is 36.5 Å². The maximum absolute atomic E-state index is 5.63. The van der Waals surface area contributed by atoms with Crippen LogP contribution in [0.1, 0.15) is 29.3 Å². The van der Waals surface area contributed by atoms with E-state index in [4.69, 9.17) is 5.84 Å². The van der Waals surface area contributed by atoms with Crippen molar-refractivity contribution in [1.29, 1.82) is 0 Å². The summed E-state index contributed by atoms with van der Waals surface area (Å²) >= 11 is 0. The topological polar surface area (TPSA) is 55.9 Å². The molecule has 0 radical (unpaired) electrons. The fourth-order valence-corrected chi connectivity index (χ4v) is 2.11. The summed E-state index contributed by atoms with van der Waals surface area (Å²) in [5.41, 5.74) is 6.61. The molecule has 3 N–H and O–H groups in total. The summed E-state index contributed by atoms with van der Waals surface area (Å²) < 4.78 is 1.86. The van der Waals surface area contributed by atoms with Gasteiger partial charge in [-0.2, -0.15) is 5.10 Å². The van der Waals surface area contributed by atoms with Crippen molar-refractivity contribution >= 4 is 0 Å². The van der Waals surface area contributed by atoms with Crippen LogP contribution in [-0.2, 0) is 13.5 Å². The van der Waals surface area contributed by atoms with Crippen LogP contribution in [-0.4, -0.2) is 9.78 Å². The van der Waals surface area contributed by atoms with Crippen molar-refractivity contribution in [3.63, 3.8) is 0 Å². The van der Waals surface area contributed by atoms with Crippen LogP contribution in [0, 0.1) is 6.92 Å². The number of aromatic nitrogens is 2. The van der Waals surface area contributed by atoms with Gasteiger partial charge in [0.1, 0.15) is 0 Å². The largest absolute Gasteiger partial charge is 0.271 e. The summed E-state index contributed by atoms with van der Waals surface area (Å²) in [5, 5.41) is 4.17. The second-order valence-electron chi connectivity index (χ2n) is 4.62. The molecule has 18 heavy (non-hydrogen) atoms. The van der Waals surface area contributed by atoms with Crippen LogP contribution in [0.5, 0.6) is 0 Å². The second kappa shape index (κ2) is 5.80. The predicted octanol–water partition coefficient (Wildman–Crippen LogP) is 1.87. The molecule has 4 heteroatoms. The highest BCUT2D eigenvalue weighted by Gasteiger charge is 2.12. The summed E-state index contributed by atoms with van der Waals surface area (Å²) in [5.74, 6) is 5.63. The zero-order valence-electron chi connectivity index (χ0n) is 10.9. The number of hydrazine groups is 1. The van der Waals surface area contributed by atoms with Gasteiger partial charge in [0, 0.05) is 13.2 Å². The minimum atomic E-state index is 0.138. The normalized spacial score (nSPS) is 12.6. The van der Waals surface area contributed by atoms with E-state index in [1.807, 2.05) is 17.8 Å². The van der Waals surface area contributed by atoms with Gasteiger partial charge in [0.15, 0.2) is 0 Å². The molecule has 4 nitrogen and oxygen atoms in total. The molecular formula is C14H20N4. The molecule has 0 spiro atoms. The number of benzene rings is 1. The summed E-state index contributed by atoms with van der Waals surface area (Å²) in [6.45, 7) is 2.10. The number of hydrogen-bond donors (Lipinski definition) is 2. The minimum Gasteiger partial charge on any atom is -0.271 e. The molecule has 1 atom stereocenters. The molecule has 96 valence electrons. The molecule has 0 bridgehead atoms. The SMILES string of the molecule is Cc1ccc(CCC(NN)c2ccnn2C)cc1. The van der Waals surface area contributed by atoms with Crippen molar-refractivity contribution in [2.75, 3.05) is 0 Å². The molecule has 0 aliphatic carbocycles. The highest BCUT2D eigenvalue weighted by atomic mass is 15.3. The van der Waals surface area contributed by atoms with E-state index < -0.39 is 0 Å². The van der Waals surface area contributed by atoms with E-state index in [0.29, 0.717) is 0 Å². The van der Waals surface area contributed by atoms with E-state index in [9.17, 15) is 0 Å². The van der Waals surface area contributed by atoms with Crippen molar-refractivity contribution in [3.8, 4) is 0 Å². The molecule has 0 aliphatic heterocycles. The lowest BCUT2D eigenvalue weighted by Crippen LogP contribution is -2.30. The molecule has 1 unspecified atom stereocenters. The van der Waals surface area contributed by atoms with E-state index in [0.717, 1.165) is 18.5 Å². The third kappa shape index (κ3) is 2.97. The number of nitrogens with zero attached hydrogens (tertiary/aromatic N) is 2. The standard InChI is InChI=1S/C14H20N4/c1-11-3-5-12(6-4-11)7-8-13(17-15)14-9-10-16-18(14)2/h3-6,9-10,13,17H,7-8,15H2,1-2H3. The number of rotatable bonds is 5. The van der Waals surface area contributed by atoms with E-state index in [-0.39, 0.29) is 6.04 Å². The minimum absolute atomic E-state index is 0.138. The highest BCUT2D eigenvalue weighted by Crippen LogP contribution is 2.17. The summed E-state index contributed by atoms with van der Waals surface area (Å²) in [7, 11) is 1.94. The van der Waals surface area contributed by atoms with Crippen molar-refractivity contribution in [3.05, 3.63) is 53.3 Å². The Hall–Kier alpha value is -1.65. The van der Waals surface area contributed by atoms with Gasteiger partial charge in [-0.3, -0.25) is 16.0 Å². The molecular weight excluding hydrogens is 224 g/mol. The first kappa shape index (κ1) is 12.8. The molecule has 2 aromatic rings. The molecule has 1 aromatic carbocycles. The lowest BCUT2D eigenvalue weighted by molar-refractivity contribution is 0.480. The Balaban J connectivity index is 2.00. The Kier molecular flexibility index (Phi) is 4.12. The van der Waals surface area contributed by atoms with Crippen LogP contribution in [0.3, 0.4) is 0 Å². The van der Waals surface area contributed by atoms with Crippen molar-refractivity contribution in [1.82, 2.24) is 15.2 Å². The molecule has 0 saturated heterocycles. The first-order valence-electron chi connectivity index (χ1n) is 6.20. The molecule has 0 fully saturated rings. The lowest BCUT2D eigenvalue weighted by atomic mass is 10.0. The Morgan fingerprint density at radius 1 is 1.28 bits per heavy atom. The Bertz CT molecular complexity index is 487. The monoisotopic (exact) mass is 244 g/mol. The van der Waals surface area contributed by atoms with Crippen LogP contribution in [0.4, 0.5) is 0 Å². The number of nitrogens with one attached hydrogen (secondary N) is 1. The Morgan fingerprint density at radius 2 is 2.00 bits per heavy atom. The van der Waals surface area contributed by atoms with E-state index in [1.54, 1.807) is 6.20 Å². The summed E-state index contributed by atoms with van der Waals surface area (Å²) in [6, 6.07) is 10.8. The third-order valence-corrected chi connectivity index (χ3v) is 3.26. The van der Waals surface area contributed by atoms with Crippen LogP contribution >= 0.6 is 0 Å². The van der Waals surface area contributed by atoms with Gasteiger partial charge in [-0.05, 0) is 31.4 Å². The first-order chi connectivity index (χ1) is 8.70. The first-order valence-corrected chi connectivity index (χ1v) is 6.20. The van der Waals surface area contributed by atoms with E-state index in [1.165, 1.54) is 11.1 Å². The summed E-state index contributed by atoms with van der Waals surface area (Å²) in [4.78, 5) is 0. The molecule has 0 aliphatic rings. The van der Waals surface area contributed by atoms with Gasteiger partial charge in [0.25, 0.3) is 0 Å². The van der Waals surface area contributed by atoms with Gasteiger partial charge in [0.2, 0.25) is 0 Å². The van der Waals surface area contributed by atoms with Crippen LogP contribution in [0.2, 0.25) is 0 Å². The molecule has 1 aromatic heterocycles. The van der Waals surface area contributed by atoms with Gasteiger partial charge >= 0.3 is 0 Å². The second-order valence-corrected chi connectivity index (χ2v) is 4.62. The van der Waals surface area contributed by atoms with Gasteiger partial charge < -0.3 is 0 Å². The van der Waals surface area contributed by atoms with Gasteiger partial charge in [-0.25, -0.2) is 0 Å². The zero-order chi connectivity index (χ0) is 13.0. The van der Waals surface area contributed by atoms with Gasteiger partial charge in [-0.1, -0.05) is 29.8 Å². The smallest absolute Gasteiger partial charge is 0.0632 e. The highest BCUT2D eigenvalue weighted by molar-refractivity contribution is 5.21. The fourth-order valence-electron chi connectivity index (χ4n) is 2.11. The van der Waals surface area contributed by atoms with Crippen molar-refractivity contribution < 1.29 is 0 Å².